The maximum atomic E-state index is 13.8. The minimum Gasteiger partial charge on any atom is -0.467 e. The molecule has 0 N–H and O–H groups in total. The first kappa shape index (κ1) is 28.1. The van der Waals surface area contributed by atoms with Gasteiger partial charge in [-0.1, -0.05) is 67.1 Å². The molecular formula is C29H32ClN5O4S. The monoisotopic (exact) mass is 581 g/mol. The minimum absolute atomic E-state index is 0.0901. The molecule has 2 aromatic heterocycles. The number of halogens is 1. The molecule has 4 aromatic rings. The summed E-state index contributed by atoms with van der Waals surface area (Å²) in [5, 5.41) is 9.02. The van der Waals surface area contributed by atoms with Crippen molar-refractivity contribution in [1.29, 1.82) is 0 Å². The van der Waals surface area contributed by atoms with E-state index in [0.29, 0.717) is 23.7 Å². The molecule has 1 aliphatic heterocycles. The fourth-order valence-corrected chi connectivity index (χ4v) is 6.60. The Balaban J connectivity index is 1.35. The summed E-state index contributed by atoms with van der Waals surface area (Å²) in [7, 11) is -3.70. The van der Waals surface area contributed by atoms with Crippen LogP contribution in [0, 0.1) is 5.92 Å². The fourth-order valence-electron chi connectivity index (χ4n) is 4.88. The molecule has 5 rings (SSSR count). The summed E-state index contributed by atoms with van der Waals surface area (Å²) in [5.41, 5.74) is 3.42. The molecule has 210 valence electrons. The number of hydrogen-bond acceptors (Lipinski definition) is 6. The third kappa shape index (κ3) is 6.63. The van der Waals surface area contributed by atoms with Gasteiger partial charge in [-0.25, -0.2) is 13.1 Å². The number of carbonyl (C=O) groups excluding carboxylic acids is 1. The zero-order valence-corrected chi connectivity index (χ0v) is 24.1. The number of carbonyl (C=O) groups is 1. The summed E-state index contributed by atoms with van der Waals surface area (Å²) in [6.45, 7) is 4.81. The zero-order chi connectivity index (χ0) is 28.3. The molecule has 0 spiro atoms. The van der Waals surface area contributed by atoms with Crippen LogP contribution in [-0.2, 0) is 34.5 Å². The summed E-state index contributed by atoms with van der Waals surface area (Å²) >= 11 is 6.01. The van der Waals surface area contributed by atoms with Gasteiger partial charge in [-0.2, -0.15) is 4.31 Å². The van der Waals surface area contributed by atoms with Crippen LogP contribution in [0.2, 0.25) is 5.02 Å². The van der Waals surface area contributed by atoms with Gasteiger partial charge in [0.25, 0.3) is 0 Å². The van der Waals surface area contributed by atoms with Crippen molar-refractivity contribution in [2.24, 2.45) is 5.92 Å². The number of sulfonamides is 1. The highest BCUT2D eigenvalue weighted by Crippen LogP contribution is 2.27. The number of hydrogen-bond donors (Lipinski definition) is 0. The van der Waals surface area contributed by atoms with Crippen LogP contribution in [-0.4, -0.2) is 56.9 Å². The smallest absolute Gasteiger partial charge is 0.241 e. The Morgan fingerprint density at radius 1 is 1.00 bits per heavy atom. The van der Waals surface area contributed by atoms with E-state index < -0.39 is 16.1 Å². The molecule has 40 heavy (non-hydrogen) atoms. The van der Waals surface area contributed by atoms with Gasteiger partial charge in [-0.15, -0.1) is 5.10 Å². The van der Waals surface area contributed by atoms with Gasteiger partial charge in [0, 0.05) is 18.1 Å². The van der Waals surface area contributed by atoms with Crippen LogP contribution >= 0.6 is 11.6 Å². The summed E-state index contributed by atoms with van der Waals surface area (Å²) in [6, 6.07) is 18.1. The third-order valence-corrected chi connectivity index (χ3v) is 8.97. The van der Waals surface area contributed by atoms with Crippen LogP contribution in [0.1, 0.15) is 37.3 Å². The Morgan fingerprint density at radius 2 is 1.70 bits per heavy atom. The zero-order valence-electron chi connectivity index (χ0n) is 22.5. The van der Waals surface area contributed by atoms with E-state index in [2.05, 4.69) is 10.3 Å². The van der Waals surface area contributed by atoms with Crippen LogP contribution in [0.25, 0.3) is 11.1 Å². The van der Waals surface area contributed by atoms with Gasteiger partial charge < -0.3 is 9.32 Å². The highest BCUT2D eigenvalue weighted by Gasteiger charge is 2.41. The standard InChI is InChI=1S/C29H32ClN5O4S/c1-21(2)16-28-29(36)33(18-26-19-34(32-31-26)20-27-4-3-14-39-27)13-15-40(37,38)35(28)17-22-5-7-23(8-6-22)24-9-11-25(30)12-10-24/h3-12,14,19,21,28H,13,15-18,20H2,1-2H3. The van der Waals surface area contributed by atoms with E-state index in [0.717, 1.165) is 22.5 Å². The topological polar surface area (TPSA) is 102 Å². The summed E-state index contributed by atoms with van der Waals surface area (Å²) in [4.78, 5) is 15.4. The molecule has 3 heterocycles. The second-order valence-corrected chi connectivity index (χ2v) is 12.9. The second-order valence-electron chi connectivity index (χ2n) is 10.5. The van der Waals surface area contributed by atoms with Crippen LogP contribution in [0.5, 0.6) is 0 Å². The molecular weight excluding hydrogens is 550 g/mol. The van der Waals surface area contributed by atoms with Crippen molar-refractivity contribution in [3.05, 3.63) is 95.2 Å². The van der Waals surface area contributed by atoms with E-state index in [1.807, 2.05) is 68.4 Å². The van der Waals surface area contributed by atoms with Crippen molar-refractivity contribution in [2.75, 3.05) is 12.3 Å². The lowest BCUT2D eigenvalue weighted by molar-refractivity contribution is -0.136. The van der Waals surface area contributed by atoms with Crippen molar-refractivity contribution in [3.63, 3.8) is 0 Å². The molecule has 0 saturated carbocycles. The molecule has 2 aromatic carbocycles. The Hall–Kier alpha value is -3.47. The van der Waals surface area contributed by atoms with Crippen molar-refractivity contribution >= 4 is 27.5 Å². The average Bonchev–Trinajstić information content (AvgIpc) is 3.59. The number of amides is 1. The van der Waals surface area contributed by atoms with Gasteiger partial charge >= 0.3 is 0 Å². The van der Waals surface area contributed by atoms with E-state index in [4.69, 9.17) is 16.0 Å². The van der Waals surface area contributed by atoms with Crippen molar-refractivity contribution in [2.45, 2.75) is 45.9 Å². The SMILES string of the molecule is CC(C)CC1C(=O)N(Cc2cn(Cc3ccco3)nn2)CCS(=O)(=O)N1Cc1ccc(-c2ccc(Cl)cc2)cc1. The van der Waals surface area contributed by atoms with Crippen LogP contribution < -0.4 is 0 Å². The second kappa shape index (κ2) is 12.0. The van der Waals surface area contributed by atoms with Crippen molar-refractivity contribution in [3.8, 4) is 11.1 Å². The van der Waals surface area contributed by atoms with Gasteiger partial charge in [-0.05, 0) is 53.3 Å². The fraction of sp³-hybridized carbons (Fsp3) is 0.345. The normalized spacial score (nSPS) is 17.9. The van der Waals surface area contributed by atoms with Gasteiger partial charge in [0.2, 0.25) is 15.9 Å². The minimum atomic E-state index is -3.70. The maximum Gasteiger partial charge on any atom is 0.241 e. The highest BCUT2D eigenvalue weighted by atomic mass is 35.5. The third-order valence-electron chi connectivity index (χ3n) is 6.92. The molecule has 11 heteroatoms. The molecule has 1 saturated heterocycles. The van der Waals surface area contributed by atoms with E-state index >= 15 is 0 Å². The lowest BCUT2D eigenvalue weighted by Gasteiger charge is -2.30. The summed E-state index contributed by atoms with van der Waals surface area (Å²) < 4.78 is 35.5. The molecule has 0 bridgehead atoms. The average molecular weight is 582 g/mol. The predicted molar refractivity (Wildman–Crippen MR) is 153 cm³/mol. The lowest BCUT2D eigenvalue weighted by atomic mass is 10.0. The van der Waals surface area contributed by atoms with Gasteiger partial charge in [0.05, 0.1) is 24.8 Å². The van der Waals surface area contributed by atoms with E-state index in [-0.39, 0.29) is 37.2 Å². The lowest BCUT2D eigenvalue weighted by Crippen LogP contribution is -2.47. The van der Waals surface area contributed by atoms with E-state index in [9.17, 15) is 13.2 Å². The Morgan fingerprint density at radius 3 is 2.35 bits per heavy atom. The van der Waals surface area contributed by atoms with Crippen molar-refractivity contribution < 1.29 is 17.6 Å². The first-order valence-electron chi connectivity index (χ1n) is 13.2. The first-order chi connectivity index (χ1) is 19.2. The van der Waals surface area contributed by atoms with Gasteiger partial charge in [0.15, 0.2) is 0 Å². The molecule has 0 radical (unpaired) electrons. The van der Waals surface area contributed by atoms with E-state index in [1.54, 1.807) is 28.1 Å². The Labute approximate surface area is 239 Å². The molecule has 9 nitrogen and oxygen atoms in total. The van der Waals surface area contributed by atoms with Crippen LogP contribution in [0.4, 0.5) is 0 Å². The largest absolute Gasteiger partial charge is 0.467 e. The Kier molecular flexibility index (Phi) is 8.39. The predicted octanol–water partition coefficient (Wildman–Crippen LogP) is 4.83. The summed E-state index contributed by atoms with van der Waals surface area (Å²) in [6.07, 6.45) is 3.77. The first-order valence-corrected chi connectivity index (χ1v) is 15.2. The Bertz CT molecular complexity index is 1530. The highest BCUT2D eigenvalue weighted by molar-refractivity contribution is 7.89. The van der Waals surface area contributed by atoms with Gasteiger partial charge in [-0.3, -0.25) is 4.79 Å². The van der Waals surface area contributed by atoms with Crippen LogP contribution in [0.15, 0.2) is 77.5 Å². The van der Waals surface area contributed by atoms with Crippen molar-refractivity contribution in [1.82, 2.24) is 24.2 Å². The van der Waals surface area contributed by atoms with Crippen LogP contribution in [0.3, 0.4) is 0 Å². The molecule has 1 aliphatic rings. The molecule has 1 fully saturated rings. The number of rotatable bonds is 9. The molecule has 1 unspecified atom stereocenters. The number of furan rings is 1. The maximum absolute atomic E-state index is 13.8. The summed E-state index contributed by atoms with van der Waals surface area (Å²) in [5.74, 6) is 0.486. The number of benzene rings is 2. The number of aromatic nitrogens is 3. The quantitative estimate of drug-likeness (QED) is 0.281. The molecule has 1 atom stereocenters. The van der Waals surface area contributed by atoms with E-state index in [1.165, 1.54) is 4.31 Å². The molecule has 0 aliphatic carbocycles. The number of nitrogens with zero attached hydrogens (tertiary/aromatic N) is 5. The van der Waals surface area contributed by atoms with Gasteiger partial charge in [0.1, 0.15) is 24.0 Å². The molecule has 1 amide bonds.